The molecule has 4 aromatic rings. The minimum absolute atomic E-state index is 0.0150. The van der Waals surface area contributed by atoms with Gasteiger partial charge in [-0.2, -0.15) is 0 Å². The molecule has 2 amide bonds. The van der Waals surface area contributed by atoms with Crippen LogP contribution in [0.1, 0.15) is 33.9 Å². The first kappa shape index (κ1) is 28.2. The van der Waals surface area contributed by atoms with Crippen molar-refractivity contribution in [2.24, 2.45) is 29.6 Å². The number of thioether (sulfide) groups is 1. The monoisotopic (exact) mass is 688 g/mol. The lowest BCUT2D eigenvalue weighted by Crippen LogP contribution is -2.42. The number of carbonyl (C=O) groups excluding carboxylic acids is 2. The van der Waals surface area contributed by atoms with Crippen molar-refractivity contribution in [2.45, 2.75) is 36.1 Å². The number of ether oxygens (including phenoxy) is 2. The Morgan fingerprint density at radius 2 is 1.75 bits per heavy atom. The van der Waals surface area contributed by atoms with Crippen molar-refractivity contribution < 1.29 is 19.1 Å². The summed E-state index contributed by atoms with van der Waals surface area (Å²) in [7, 11) is 1.59. The quantitative estimate of drug-likeness (QED) is 0.225. The van der Waals surface area contributed by atoms with Crippen molar-refractivity contribution in [3.05, 3.63) is 102 Å². The van der Waals surface area contributed by atoms with Gasteiger partial charge in [0.2, 0.25) is 11.8 Å². The summed E-state index contributed by atoms with van der Waals surface area (Å²) >= 11 is 6.63. The minimum atomic E-state index is -0.375. The average Bonchev–Trinajstić information content (AvgIpc) is 3.75. The second-order valence-corrected chi connectivity index (χ2v) is 15.2. The van der Waals surface area contributed by atoms with E-state index in [0.717, 1.165) is 37.7 Å². The Kier molecular flexibility index (Phi) is 6.80. The van der Waals surface area contributed by atoms with Crippen LogP contribution in [0.2, 0.25) is 0 Å². The third kappa shape index (κ3) is 4.32. The molecule has 44 heavy (non-hydrogen) atoms. The number of anilines is 1. The molecular formula is C34H29BrN2O5S2. The number of nitrogens with zero attached hydrogens (tertiary/aromatic N) is 1. The van der Waals surface area contributed by atoms with Crippen LogP contribution in [-0.4, -0.2) is 29.2 Å². The molecule has 224 valence electrons. The Bertz CT molecular complexity index is 1870. The summed E-state index contributed by atoms with van der Waals surface area (Å²) in [5.41, 5.74) is 3.85. The molecule has 0 spiro atoms. The van der Waals surface area contributed by atoms with Gasteiger partial charge in [-0.15, -0.1) is 11.8 Å². The second-order valence-electron chi connectivity index (χ2n) is 12.1. The highest BCUT2D eigenvalue weighted by molar-refractivity contribution is 9.10. The molecule has 10 heteroatoms. The molecule has 5 unspecified atom stereocenters. The van der Waals surface area contributed by atoms with Crippen LogP contribution in [0.15, 0.2) is 81.0 Å². The zero-order chi connectivity index (χ0) is 30.3. The number of fused-ring (bicyclic) bond motifs is 9. The number of aromatic nitrogens is 1. The van der Waals surface area contributed by atoms with Crippen LogP contribution >= 0.6 is 39.0 Å². The maximum atomic E-state index is 14.1. The Labute approximate surface area is 271 Å². The number of carbonyl (C=O) groups is 2. The lowest BCUT2D eigenvalue weighted by molar-refractivity contribution is -0.123. The van der Waals surface area contributed by atoms with Crippen LogP contribution in [0.4, 0.5) is 5.69 Å². The first-order valence-electron chi connectivity index (χ1n) is 14.7. The SMILES string of the molecule is COc1ccc(N2C(=O)C3C(C2=O)[C@@H]2C[C@H]3C3Sc4[nH]c(=O)sc4C(c4cc(Br)ccc4OCc4cccc(C)c4)C32)cc1. The number of hydrogen-bond acceptors (Lipinski definition) is 7. The molecule has 3 heterocycles. The van der Waals surface area contributed by atoms with Gasteiger partial charge >= 0.3 is 4.87 Å². The van der Waals surface area contributed by atoms with Crippen molar-refractivity contribution in [3.8, 4) is 11.5 Å². The number of rotatable bonds is 6. The molecule has 2 saturated carbocycles. The van der Waals surface area contributed by atoms with Gasteiger partial charge in [0, 0.05) is 26.1 Å². The Balaban J connectivity index is 1.19. The van der Waals surface area contributed by atoms with Gasteiger partial charge in [0.25, 0.3) is 0 Å². The number of imide groups is 1. The average molecular weight is 690 g/mol. The fraction of sp³-hybridized carbons (Fsp3) is 0.324. The number of aromatic amines is 1. The van der Waals surface area contributed by atoms with Gasteiger partial charge in [-0.05, 0) is 79.1 Å². The Morgan fingerprint density at radius 3 is 2.50 bits per heavy atom. The van der Waals surface area contributed by atoms with Crippen LogP contribution in [0.3, 0.4) is 0 Å². The lowest BCUT2D eigenvalue weighted by atomic mass is 9.68. The van der Waals surface area contributed by atoms with E-state index < -0.39 is 0 Å². The number of thiazole rings is 1. The molecule has 1 N–H and O–H groups in total. The van der Waals surface area contributed by atoms with Gasteiger partial charge in [0.15, 0.2) is 0 Å². The third-order valence-corrected chi connectivity index (χ3v) is 12.9. The topological polar surface area (TPSA) is 88.7 Å². The summed E-state index contributed by atoms with van der Waals surface area (Å²) in [5, 5.41) is 0.976. The van der Waals surface area contributed by atoms with Crippen LogP contribution in [0, 0.1) is 36.5 Å². The van der Waals surface area contributed by atoms with Gasteiger partial charge in [-0.25, -0.2) is 0 Å². The standard InChI is InChI=1S/C34H29BrN2O5S2/c1-16-4-3-5-17(12-16)15-42-24-11-6-18(35)13-21(24)25-26-22-14-23(29(26)43-31-30(25)44-34(40)36-31)28-27(22)32(38)37(33(28)39)19-7-9-20(41-2)10-8-19/h3-13,22-23,25-29H,14-15H2,1-2H3,(H,36,40)/t22-,23-,25?,26?,27?,28?,29?/m1/s1. The van der Waals surface area contributed by atoms with Crippen molar-refractivity contribution in [1.29, 1.82) is 0 Å². The molecule has 7 atom stereocenters. The second kappa shape index (κ2) is 10.6. The number of benzene rings is 3. The van der Waals surface area contributed by atoms with E-state index in [1.54, 1.807) is 43.1 Å². The lowest BCUT2D eigenvalue weighted by Gasteiger charge is -2.43. The smallest absolute Gasteiger partial charge is 0.305 e. The van der Waals surface area contributed by atoms with E-state index in [4.69, 9.17) is 9.47 Å². The van der Waals surface area contributed by atoms with Gasteiger partial charge in [-0.3, -0.25) is 19.3 Å². The molecule has 1 aromatic heterocycles. The van der Waals surface area contributed by atoms with Crippen molar-refractivity contribution in [1.82, 2.24) is 4.98 Å². The number of aryl methyl sites for hydroxylation is 1. The largest absolute Gasteiger partial charge is 0.497 e. The van der Waals surface area contributed by atoms with Crippen LogP contribution < -0.4 is 19.2 Å². The molecule has 7 nitrogen and oxygen atoms in total. The Morgan fingerprint density at radius 1 is 0.977 bits per heavy atom. The summed E-state index contributed by atoms with van der Waals surface area (Å²) < 4.78 is 12.7. The Hall–Kier alpha value is -3.34. The van der Waals surface area contributed by atoms with E-state index in [9.17, 15) is 14.4 Å². The van der Waals surface area contributed by atoms with Crippen molar-refractivity contribution >= 4 is 56.5 Å². The number of halogens is 1. The molecule has 2 aliphatic heterocycles. The molecule has 2 bridgehead atoms. The molecule has 8 rings (SSSR count). The fourth-order valence-corrected chi connectivity index (χ4v) is 11.5. The summed E-state index contributed by atoms with van der Waals surface area (Å²) in [5.74, 6) is 0.491. The molecule has 3 aromatic carbocycles. The van der Waals surface area contributed by atoms with Gasteiger partial charge < -0.3 is 14.5 Å². The van der Waals surface area contributed by atoms with Gasteiger partial charge in [-0.1, -0.05) is 57.1 Å². The zero-order valence-electron chi connectivity index (χ0n) is 24.0. The van der Waals surface area contributed by atoms with Crippen molar-refractivity contribution in [2.75, 3.05) is 12.0 Å². The predicted octanol–water partition coefficient (Wildman–Crippen LogP) is 6.77. The first-order valence-corrected chi connectivity index (χ1v) is 17.2. The van der Waals surface area contributed by atoms with Gasteiger partial charge in [0.1, 0.15) is 18.1 Å². The van der Waals surface area contributed by atoms with Crippen LogP contribution in [0.25, 0.3) is 0 Å². The zero-order valence-corrected chi connectivity index (χ0v) is 27.2. The summed E-state index contributed by atoms with van der Waals surface area (Å²) in [6, 6.07) is 21.5. The summed E-state index contributed by atoms with van der Waals surface area (Å²) in [6.45, 7) is 2.49. The van der Waals surface area contributed by atoms with E-state index in [-0.39, 0.29) is 57.4 Å². The van der Waals surface area contributed by atoms with E-state index in [2.05, 4.69) is 52.1 Å². The number of methoxy groups -OCH3 is 1. The number of amides is 2. The molecule has 4 aliphatic rings. The molecule has 3 fully saturated rings. The number of nitrogens with one attached hydrogen (secondary N) is 1. The summed E-state index contributed by atoms with van der Waals surface area (Å²) in [6.07, 6.45) is 0.828. The fourth-order valence-electron chi connectivity index (χ4n) is 8.21. The van der Waals surface area contributed by atoms with E-state index in [0.29, 0.717) is 18.0 Å². The predicted molar refractivity (Wildman–Crippen MR) is 174 cm³/mol. The number of H-pyrrole nitrogens is 1. The molecule has 2 aliphatic carbocycles. The third-order valence-electron chi connectivity index (χ3n) is 9.84. The van der Waals surface area contributed by atoms with E-state index in [1.807, 2.05) is 18.2 Å². The first-order chi connectivity index (χ1) is 21.3. The molecule has 1 saturated heterocycles. The van der Waals surface area contributed by atoms with Crippen molar-refractivity contribution in [3.63, 3.8) is 0 Å². The van der Waals surface area contributed by atoms with Crippen LogP contribution in [-0.2, 0) is 16.2 Å². The maximum absolute atomic E-state index is 14.1. The highest BCUT2D eigenvalue weighted by Crippen LogP contribution is 2.69. The number of hydrogen-bond donors (Lipinski definition) is 1. The van der Waals surface area contributed by atoms with E-state index in [1.165, 1.54) is 21.8 Å². The highest BCUT2D eigenvalue weighted by atomic mass is 79.9. The normalized spacial score (nSPS) is 28.2. The molecular weight excluding hydrogens is 660 g/mol. The molecule has 0 radical (unpaired) electrons. The highest BCUT2D eigenvalue weighted by Gasteiger charge is 2.69. The maximum Gasteiger partial charge on any atom is 0.305 e. The summed E-state index contributed by atoms with van der Waals surface area (Å²) in [4.78, 5) is 46.2. The minimum Gasteiger partial charge on any atom is -0.497 e. The van der Waals surface area contributed by atoms with Gasteiger partial charge in [0.05, 0.1) is 29.7 Å². The van der Waals surface area contributed by atoms with Crippen LogP contribution in [0.5, 0.6) is 11.5 Å². The van der Waals surface area contributed by atoms with E-state index >= 15 is 0 Å².